The Balaban J connectivity index is 3.69. The molecule has 2 heteroatoms. The van der Waals surface area contributed by atoms with Crippen molar-refractivity contribution in [1.82, 2.24) is 0 Å². The maximum atomic E-state index is 10.7. The summed E-state index contributed by atoms with van der Waals surface area (Å²) in [6.45, 7) is 4.55. The number of hydrogen-bond acceptors (Lipinski definition) is 2. The van der Waals surface area contributed by atoms with E-state index in [0.717, 1.165) is 12.8 Å². The highest BCUT2D eigenvalue weighted by molar-refractivity contribution is 5.48. The minimum atomic E-state index is -0.0693. The van der Waals surface area contributed by atoms with Gasteiger partial charge in [-0.2, -0.15) is 0 Å². The topological polar surface area (TPSA) is 37.3 Å². The van der Waals surface area contributed by atoms with Gasteiger partial charge in [-0.1, -0.05) is 149 Å². The van der Waals surface area contributed by atoms with E-state index in [1.165, 1.54) is 135 Å². The van der Waals surface area contributed by atoms with Crippen molar-refractivity contribution < 1.29 is 9.90 Å². The first-order valence-corrected chi connectivity index (χ1v) is 14.2. The molecule has 31 heavy (non-hydrogen) atoms. The molecule has 0 aromatic rings. The predicted octanol–water partition coefficient (Wildman–Crippen LogP) is 10.3. The Morgan fingerprint density at radius 3 is 1.13 bits per heavy atom. The molecule has 0 amide bonds. The van der Waals surface area contributed by atoms with Gasteiger partial charge in [0.2, 0.25) is 0 Å². The van der Waals surface area contributed by atoms with Gasteiger partial charge in [0.05, 0.1) is 0 Å². The maximum Gasteiger partial charge on any atom is 0.177 e. The summed E-state index contributed by atoms with van der Waals surface area (Å²) < 4.78 is 0. The molecule has 0 fully saturated rings. The van der Waals surface area contributed by atoms with E-state index in [0.29, 0.717) is 12.3 Å². The number of hydrogen-bond donors (Lipinski definition) is 1. The second kappa shape index (κ2) is 25.5. The lowest BCUT2D eigenvalue weighted by molar-refractivity contribution is 0.320. The summed E-state index contributed by atoms with van der Waals surface area (Å²) >= 11 is 0. The van der Waals surface area contributed by atoms with Crippen molar-refractivity contribution in [3.8, 4) is 0 Å². The molecule has 1 unspecified atom stereocenters. The molecule has 0 aliphatic rings. The molecule has 0 saturated heterocycles. The number of aliphatic hydroxyl groups is 1. The van der Waals surface area contributed by atoms with E-state index < -0.39 is 0 Å². The predicted molar refractivity (Wildman–Crippen MR) is 137 cm³/mol. The van der Waals surface area contributed by atoms with Gasteiger partial charge in [-0.05, 0) is 18.8 Å². The first kappa shape index (κ1) is 30.2. The third-order valence-corrected chi connectivity index (χ3v) is 6.78. The molecule has 2 nitrogen and oxygen atoms in total. The zero-order valence-electron chi connectivity index (χ0n) is 21.4. The van der Waals surface area contributed by atoms with Gasteiger partial charge in [-0.15, -0.1) is 0 Å². The molecule has 0 aromatic heterocycles. The molecule has 0 radical (unpaired) electrons. The largest absolute Gasteiger partial charge is 0.502 e. The second-order valence-electron chi connectivity index (χ2n) is 9.91. The average Bonchev–Trinajstić information content (AvgIpc) is 2.78. The van der Waals surface area contributed by atoms with Crippen LogP contribution in [0.15, 0.2) is 5.76 Å². The van der Waals surface area contributed by atoms with Crippen LogP contribution in [0.4, 0.5) is 0 Å². The van der Waals surface area contributed by atoms with Crippen LogP contribution in [0.3, 0.4) is 0 Å². The number of rotatable bonds is 25. The lowest BCUT2D eigenvalue weighted by Gasteiger charge is -2.15. The molecule has 0 heterocycles. The summed E-state index contributed by atoms with van der Waals surface area (Å²) in [4.78, 5) is 10.7. The summed E-state index contributed by atoms with van der Waals surface area (Å²) in [6.07, 6.45) is 31.5. The summed E-state index contributed by atoms with van der Waals surface area (Å²) in [5.41, 5.74) is 0. The fourth-order valence-electron chi connectivity index (χ4n) is 4.68. The van der Waals surface area contributed by atoms with Crippen LogP contribution in [-0.2, 0) is 4.79 Å². The standard InChI is InChI=1S/C29H56O2/c1-3-5-7-9-11-13-15-17-19-21-23-25-28(26-29(31)27-30)24-22-20-18-16-14-12-10-8-6-4-2/h28,31H,3-26H2,1-2H3. The van der Waals surface area contributed by atoms with E-state index in [4.69, 9.17) is 0 Å². The molecule has 184 valence electrons. The van der Waals surface area contributed by atoms with Crippen molar-refractivity contribution in [3.63, 3.8) is 0 Å². The van der Waals surface area contributed by atoms with Gasteiger partial charge in [-0.3, -0.25) is 0 Å². The van der Waals surface area contributed by atoms with E-state index >= 15 is 0 Å². The number of carbonyl (C=O) groups excluding carboxylic acids is 1. The zero-order valence-corrected chi connectivity index (χ0v) is 21.4. The van der Waals surface area contributed by atoms with Crippen LogP contribution in [0.25, 0.3) is 0 Å². The van der Waals surface area contributed by atoms with Crippen LogP contribution in [0, 0.1) is 5.92 Å². The van der Waals surface area contributed by atoms with E-state index in [9.17, 15) is 9.90 Å². The van der Waals surface area contributed by atoms with Crippen molar-refractivity contribution in [1.29, 1.82) is 0 Å². The van der Waals surface area contributed by atoms with Gasteiger partial charge in [0.25, 0.3) is 0 Å². The minimum Gasteiger partial charge on any atom is -0.502 e. The molecule has 0 aromatic carbocycles. The molecule has 0 spiro atoms. The Morgan fingerprint density at radius 2 is 0.839 bits per heavy atom. The molecule has 0 rings (SSSR count). The van der Waals surface area contributed by atoms with Gasteiger partial charge >= 0.3 is 0 Å². The van der Waals surface area contributed by atoms with E-state index in [2.05, 4.69) is 13.8 Å². The van der Waals surface area contributed by atoms with Crippen LogP contribution >= 0.6 is 0 Å². The minimum absolute atomic E-state index is 0.0693. The molecule has 0 saturated carbocycles. The molecule has 0 bridgehead atoms. The van der Waals surface area contributed by atoms with Gasteiger partial charge < -0.3 is 5.11 Å². The van der Waals surface area contributed by atoms with Crippen LogP contribution in [0.2, 0.25) is 0 Å². The Hall–Kier alpha value is -0.750. The summed E-state index contributed by atoms with van der Waals surface area (Å²) in [5.74, 6) is 2.10. The fraction of sp³-hybridized carbons (Fsp3) is 0.931. The first-order chi connectivity index (χ1) is 15.2. The van der Waals surface area contributed by atoms with E-state index in [-0.39, 0.29) is 5.76 Å². The van der Waals surface area contributed by atoms with E-state index in [1.54, 1.807) is 5.94 Å². The summed E-state index contributed by atoms with van der Waals surface area (Å²) in [7, 11) is 0. The van der Waals surface area contributed by atoms with Gasteiger partial charge in [0, 0.05) is 6.42 Å². The zero-order chi connectivity index (χ0) is 22.8. The third-order valence-electron chi connectivity index (χ3n) is 6.78. The lowest BCUT2D eigenvalue weighted by Crippen LogP contribution is -2.03. The normalized spacial score (nSPS) is 12.1. The molecular weight excluding hydrogens is 380 g/mol. The van der Waals surface area contributed by atoms with Crippen LogP contribution in [0.1, 0.15) is 168 Å². The number of allylic oxidation sites excluding steroid dienone is 1. The van der Waals surface area contributed by atoms with Crippen molar-refractivity contribution in [3.05, 3.63) is 5.76 Å². The summed E-state index contributed by atoms with van der Waals surface area (Å²) in [6, 6.07) is 0. The Kier molecular flexibility index (Phi) is 24.9. The van der Waals surface area contributed by atoms with Crippen LogP contribution in [-0.4, -0.2) is 11.0 Å². The van der Waals surface area contributed by atoms with Crippen molar-refractivity contribution >= 4 is 5.94 Å². The smallest absolute Gasteiger partial charge is 0.177 e. The third kappa shape index (κ3) is 23.7. The van der Waals surface area contributed by atoms with Crippen molar-refractivity contribution in [2.24, 2.45) is 5.92 Å². The molecule has 0 aliphatic carbocycles. The quantitative estimate of drug-likeness (QED) is 0.0877. The SMILES string of the molecule is CCCCCCCCCCCCCC(CCCCCCCCCCCC)CC(O)=C=O. The summed E-state index contributed by atoms with van der Waals surface area (Å²) in [5, 5.41) is 9.66. The van der Waals surface area contributed by atoms with Crippen LogP contribution in [0.5, 0.6) is 0 Å². The molecule has 0 aliphatic heterocycles. The lowest BCUT2D eigenvalue weighted by atomic mass is 9.91. The fourth-order valence-corrected chi connectivity index (χ4v) is 4.68. The Morgan fingerprint density at radius 1 is 0.548 bits per heavy atom. The highest BCUT2D eigenvalue weighted by Crippen LogP contribution is 2.24. The van der Waals surface area contributed by atoms with Gasteiger partial charge in [-0.25, -0.2) is 4.79 Å². The monoisotopic (exact) mass is 436 g/mol. The van der Waals surface area contributed by atoms with Crippen molar-refractivity contribution in [2.75, 3.05) is 0 Å². The van der Waals surface area contributed by atoms with Crippen LogP contribution < -0.4 is 0 Å². The molecule has 1 N–H and O–H groups in total. The van der Waals surface area contributed by atoms with E-state index in [1.807, 2.05) is 0 Å². The highest BCUT2D eigenvalue weighted by atomic mass is 16.3. The number of aliphatic hydroxyl groups excluding tert-OH is 1. The maximum absolute atomic E-state index is 10.7. The number of unbranched alkanes of at least 4 members (excludes halogenated alkanes) is 19. The second-order valence-corrected chi connectivity index (χ2v) is 9.91. The molecule has 1 atom stereocenters. The first-order valence-electron chi connectivity index (χ1n) is 14.2. The highest BCUT2D eigenvalue weighted by Gasteiger charge is 2.11. The van der Waals surface area contributed by atoms with Gasteiger partial charge in [0.1, 0.15) is 0 Å². The molecular formula is C29H56O2. The van der Waals surface area contributed by atoms with Crippen molar-refractivity contribution in [2.45, 2.75) is 168 Å². The Labute approximate surface area is 195 Å². The average molecular weight is 437 g/mol. The van der Waals surface area contributed by atoms with Gasteiger partial charge in [0.15, 0.2) is 11.7 Å². The Bertz CT molecular complexity index is 398.